The second kappa shape index (κ2) is 8.88. The summed E-state index contributed by atoms with van der Waals surface area (Å²) in [5, 5.41) is 14.3. The number of hydrogen-bond donors (Lipinski definition) is 1. The number of carbonyl (C=O) groups is 1. The van der Waals surface area contributed by atoms with E-state index in [1.165, 1.54) is 0 Å². The van der Waals surface area contributed by atoms with Crippen molar-refractivity contribution >= 4 is 39.8 Å². The van der Waals surface area contributed by atoms with Crippen LogP contribution in [0.3, 0.4) is 0 Å². The summed E-state index contributed by atoms with van der Waals surface area (Å²) in [6, 6.07) is 15.8. The van der Waals surface area contributed by atoms with E-state index < -0.39 is 0 Å². The number of fused-ring (bicyclic) bond motifs is 1. The number of hydrogen-bond acceptors (Lipinski definition) is 5. The van der Waals surface area contributed by atoms with E-state index in [-0.39, 0.29) is 5.91 Å². The molecule has 0 saturated carbocycles. The Hall–Kier alpha value is -2.86. The largest absolute Gasteiger partial charge is 0.368 e. The lowest BCUT2D eigenvalue weighted by Gasteiger charge is -2.37. The Kier molecular flexibility index (Phi) is 6.04. The Labute approximate surface area is 181 Å². The van der Waals surface area contributed by atoms with Gasteiger partial charge in [-0.25, -0.2) is 0 Å². The van der Waals surface area contributed by atoms with Crippen LogP contribution in [0.15, 0.2) is 48.5 Å². The summed E-state index contributed by atoms with van der Waals surface area (Å²) in [5.74, 6) is 1.03. The zero-order chi connectivity index (χ0) is 21.1. The topological polar surface area (TPSA) is 61.4 Å². The van der Waals surface area contributed by atoms with Crippen LogP contribution in [0.1, 0.15) is 24.3 Å². The zero-order valence-electron chi connectivity index (χ0n) is 17.3. The van der Waals surface area contributed by atoms with Crippen LogP contribution in [0.5, 0.6) is 0 Å². The summed E-state index contributed by atoms with van der Waals surface area (Å²) in [6.45, 7) is 8.13. The van der Waals surface area contributed by atoms with Crippen LogP contribution in [0.4, 0.5) is 11.5 Å². The first-order valence-electron chi connectivity index (χ1n) is 10.3. The monoisotopic (exact) mass is 423 g/mol. The van der Waals surface area contributed by atoms with Gasteiger partial charge >= 0.3 is 0 Å². The van der Waals surface area contributed by atoms with Crippen LogP contribution >= 0.6 is 11.6 Å². The van der Waals surface area contributed by atoms with Gasteiger partial charge in [0.25, 0.3) is 5.91 Å². The second-order valence-electron chi connectivity index (χ2n) is 7.98. The molecule has 1 aromatic heterocycles. The zero-order valence-corrected chi connectivity index (χ0v) is 18.1. The van der Waals surface area contributed by atoms with Crippen LogP contribution in [0, 0.1) is 5.92 Å². The molecule has 2 aromatic carbocycles. The normalized spacial score (nSPS) is 14.4. The molecule has 1 amide bonds. The molecule has 0 unspecified atom stereocenters. The van der Waals surface area contributed by atoms with Crippen LogP contribution in [-0.2, 0) is 0 Å². The van der Waals surface area contributed by atoms with Crippen molar-refractivity contribution in [2.45, 2.75) is 13.8 Å². The molecule has 0 aliphatic carbocycles. The van der Waals surface area contributed by atoms with Gasteiger partial charge in [0.05, 0.1) is 0 Å². The van der Waals surface area contributed by atoms with E-state index in [0.717, 1.165) is 53.5 Å². The van der Waals surface area contributed by atoms with E-state index in [2.05, 4.69) is 45.2 Å². The van der Waals surface area contributed by atoms with E-state index in [4.69, 9.17) is 11.6 Å². The van der Waals surface area contributed by atoms with Crippen molar-refractivity contribution < 1.29 is 4.79 Å². The number of benzene rings is 2. The minimum Gasteiger partial charge on any atom is -0.368 e. The van der Waals surface area contributed by atoms with Crippen molar-refractivity contribution in [3.05, 3.63) is 59.2 Å². The van der Waals surface area contributed by atoms with E-state index in [9.17, 15) is 4.79 Å². The van der Waals surface area contributed by atoms with Gasteiger partial charge in [-0.05, 0) is 24.1 Å². The summed E-state index contributed by atoms with van der Waals surface area (Å²) >= 11 is 6.15. The van der Waals surface area contributed by atoms with Crippen molar-refractivity contribution in [2.75, 3.05) is 42.5 Å². The third-order valence-electron chi connectivity index (χ3n) is 5.31. The average molecular weight is 424 g/mol. The maximum atomic E-state index is 12.6. The Balaban J connectivity index is 1.55. The molecule has 0 atom stereocenters. The molecule has 156 valence electrons. The standard InChI is InChI=1S/C23H26ClN5O/c1-16(2)15-25-23(30)21-19-8-3-4-9-20(19)22(27-26-21)29-12-10-28(11-13-29)18-7-5-6-17(24)14-18/h3-9,14,16H,10-13,15H2,1-2H3,(H,25,30). The SMILES string of the molecule is CC(C)CNC(=O)c1nnc(N2CCN(c3cccc(Cl)c3)CC2)c2ccccc12. The first-order chi connectivity index (χ1) is 14.5. The first kappa shape index (κ1) is 20.4. The first-order valence-corrected chi connectivity index (χ1v) is 10.7. The molecule has 0 spiro atoms. The number of nitrogens with one attached hydrogen (secondary N) is 1. The lowest BCUT2D eigenvalue weighted by Crippen LogP contribution is -2.47. The molecule has 7 heteroatoms. The number of piperazine rings is 1. The van der Waals surface area contributed by atoms with Gasteiger partial charge in [0.1, 0.15) is 0 Å². The number of amides is 1. The highest BCUT2D eigenvalue weighted by Crippen LogP contribution is 2.28. The molecule has 2 heterocycles. The Morgan fingerprint density at radius 2 is 1.70 bits per heavy atom. The molecular formula is C23H26ClN5O. The molecule has 0 radical (unpaired) electrons. The number of aromatic nitrogens is 2. The van der Waals surface area contributed by atoms with Crippen LogP contribution in [-0.4, -0.2) is 48.8 Å². The average Bonchev–Trinajstić information content (AvgIpc) is 2.77. The Bertz CT molecular complexity index is 1050. The predicted molar refractivity (Wildman–Crippen MR) is 123 cm³/mol. The van der Waals surface area contributed by atoms with E-state index in [0.29, 0.717) is 18.2 Å². The van der Waals surface area contributed by atoms with Crippen molar-refractivity contribution in [1.82, 2.24) is 15.5 Å². The fourth-order valence-corrected chi connectivity index (χ4v) is 3.91. The van der Waals surface area contributed by atoms with E-state index >= 15 is 0 Å². The third-order valence-corrected chi connectivity index (χ3v) is 5.54. The number of rotatable bonds is 5. The van der Waals surface area contributed by atoms with Gasteiger partial charge in [-0.1, -0.05) is 55.8 Å². The van der Waals surface area contributed by atoms with Crippen molar-refractivity contribution in [1.29, 1.82) is 0 Å². The molecule has 4 rings (SSSR count). The summed E-state index contributed by atoms with van der Waals surface area (Å²) < 4.78 is 0. The quantitative estimate of drug-likeness (QED) is 0.672. The van der Waals surface area contributed by atoms with Crippen molar-refractivity contribution in [3.63, 3.8) is 0 Å². The maximum Gasteiger partial charge on any atom is 0.272 e. The molecule has 0 bridgehead atoms. The van der Waals surface area contributed by atoms with Crippen molar-refractivity contribution in [2.24, 2.45) is 5.92 Å². The molecule has 30 heavy (non-hydrogen) atoms. The van der Waals surface area contributed by atoms with Crippen LogP contribution in [0.2, 0.25) is 5.02 Å². The van der Waals surface area contributed by atoms with Gasteiger partial charge in [-0.2, -0.15) is 0 Å². The highest BCUT2D eigenvalue weighted by atomic mass is 35.5. The fourth-order valence-electron chi connectivity index (χ4n) is 3.72. The van der Waals surface area contributed by atoms with E-state index in [1.807, 2.05) is 42.5 Å². The Morgan fingerprint density at radius 1 is 1.00 bits per heavy atom. The molecule has 1 aliphatic rings. The summed E-state index contributed by atoms with van der Waals surface area (Å²) in [6.07, 6.45) is 0. The smallest absolute Gasteiger partial charge is 0.272 e. The minimum atomic E-state index is -0.176. The van der Waals surface area contributed by atoms with E-state index in [1.54, 1.807) is 0 Å². The number of carbonyl (C=O) groups excluding carboxylic acids is 1. The molecule has 6 nitrogen and oxygen atoms in total. The van der Waals surface area contributed by atoms with Crippen molar-refractivity contribution in [3.8, 4) is 0 Å². The molecule has 1 saturated heterocycles. The third kappa shape index (κ3) is 4.33. The van der Waals surface area contributed by atoms with Crippen LogP contribution < -0.4 is 15.1 Å². The van der Waals surface area contributed by atoms with Gasteiger partial charge in [0.2, 0.25) is 0 Å². The highest BCUT2D eigenvalue weighted by Gasteiger charge is 2.23. The molecule has 1 aliphatic heterocycles. The van der Waals surface area contributed by atoms with Gasteiger partial charge in [-0.15, -0.1) is 10.2 Å². The number of nitrogens with zero attached hydrogens (tertiary/aromatic N) is 4. The molecule has 1 fully saturated rings. The second-order valence-corrected chi connectivity index (χ2v) is 8.41. The summed E-state index contributed by atoms with van der Waals surface area (Å²) in [5.41, 5.74) is 1.52. The summed E-state index contributed by atoms with van der Waals surface area (Å²) in [7, 11) is 0. The number of halogens is 1. The highest BCUT2D eigenvalue weighted by molar-refractivity contribution is 6.30. The Morgan fingerprint density at radius 3 is 2.40 bits per heavy atom. The van der Waals surface area contributed by atoms with Gasteiger partial charge in [-0.3, -0.25) is 4.79 Å². The molecular weight excluding hydrogens is 398 g/mol. The van der Waals surface area contributed by atoms with Gasteiger partial charge in [0.15, 0.2) is 11.5 Å². The van der Waals surface area contributed by atoms with Crippen LogP contribution in [0.25, 0.3) is 10.8 Å². The predicted octanol–water partition coefficient (Wildman–Crippen LogP) is 4.00. The maximum absolute atomic E-state index is 12.6. The van der Waals surface area contributed by atoms with Gasteiger partial charge < -0.3 is 15.1 Å². The molecule has 3 aromatic rings. The summed E-state index contributed by atoms with van der Waals surface area (Å²) in [4.78, 5) is 17.2. The molecule has 1 N–H and O–H groups in total. The number of anilines is 2. The minimum absolute atomic E-state index is 0.176. The lowest BCUT2D eigenvalue weighted by atomic mass is 10.1. The fraction of sp³-hybridized carbons (Fsp3) is 0.348. The lowest BCUT2D eigenvalue weighted by molar-refractivity contribution is 0.0945. The van der Waals surface area contributed by atoms with Gasteiger partial charge in [0, 0.05) is 54.2 Å².